The van der Waals surface area contributed by atoms with Crippen molar-refractivity contribution >= 4 is 10.0 Å². The Bertz CT molecular complexity index is 828. The Morgan fingerprint density at radius 3 is 2.83 bits per heavy atom. The molecule has 2 aliphatic rings. The van der Waals surface area contributed by atoms with Crippen LogP contribution in [0.3, 0.4) is 0 Å². The molecule has 4 rings (SSSR count). The molecule has 1 aromatic carbocycles. The first-order valence-corrected chi connectivity index (χ1v) is 9.97. The summed E-state index contributed by atoms with van der Waals surface area (Å²) in [7, 11) is -3.09. The average Bonchev–Trinajstić information content (AvgIpc) is 2.99. The standard InChI is InChI=1S/C17H21N3O2S/c1-23(21,22)19-9-4-5-13(8-10-19)17-15-7-3-2-6-14(15)16-11-18-12-20(16)17/h2-3,6-7,11-13,17H,4-5,8-10H2,1H3. The number of hydrogen-bond donors (Lipinski definition) is 0. The Morgan fingerprint density at radius 2 is 2.00 bits per heavy atom. The van der Waals surface area contributed by atoms with Gasteiger partial charge in [0.25, 0.3) is 0 Å². The van der Waals surface area contributed by atoms with Crippen LogP contribution in [0, 0.1) is 5.92 Å². The van der Waals surface area contributed by atoms with E-state index in [9.17, 15) is 8.42 Å². The van der Waals surface area contributed by atoms with Crippen molar-refractivity contribution in [2.75, 3.05) is 19.3 Å². The van der Waals surface area contributed by atoms with Gasteiger partial charge in [0.1, 0.15) is 0 Å². The molecule has 1 aromatic heterocycles. The zero-order valence-electron chi connectivity index (χ0n) is 13.2. The fourth-order valence-electron chi connectivity index (χ4n) is 4.10. The maximum Gasteiger partial charge on any atom is 0.211 e. The fraction of sp³-hybridized carbons (Fsp3) is 0.471. The second-order valence-corrected chi connectivity index (χ2v) is 8.55. The summed E-state index contributed by atoms with van der Waals surface area (Å²) < 4.78 is 27.6. The molecule has 6 heteroatoms. The predicted molar refractivity (Wildman–Crippen MR) is 89.6 cm³/mol. The summed E-state index contributed by atoms with van der Waals surface area (Å²) >= 11 is 0. The Kier molecular flexibility index (Phi) is 3.54. The van der Waals surface area contributed by atoms with Gasteiger partial charge in [0, 0.05) is 18.7 Å². The minimum Gasteiger partial charge on any atom is -0.323 e. The van der Waals surface area contributed by atoms with Crippen LogP contribution in [0.2, 0.25) is 0 Å². The van der Waals surface area contributed by atoms with Gasteiger partial charge in [-0.3, -0.25) is 0 Å². The highest BCUT2D eigenvalue weighted by Gasteiger charge is 2.35. The van der Waals surface area contributed by atoms with E-state index < -0.39 is 10.0 Å². The molecule has 2 aromatic rings. The number of benzene rings is 1. The van der Waals surface area contributed by atoms with Gasteiger partial charge < -0.3 is 4.57 Å². The van der Waals surface area contributed by atoms with Crippen LogP contribution in [-0.2, 0) is 10.0 Å². The van der Waals surface area contributed by atoms with Gasteiger partial charge in [-0.05, 0) is 30.7 Å². The summed E-state index contributed by atoms with van der Waals surface area (Å²) in [6.45, 7) is 1.26. The van der Waals surface area contributed by atoms with Crippen molar-refractivity contribution in [3.05, 3.63) is 42.4 Å². The third-order valence-electron chi connectivity index (χ3n) is 5.17. The molecule has 0 radical (unpaired) electrons. The fourth-order valence-corrected chi connectivity index (χ4v) is 4.99. The van der Waals surface area contributed by atoms with Crippen molar-refractivity contribution in [3.8, 4) is 11.3 Å². The second-order valence-electron chi connectivity index (χ2n) is 6.57. The van der Waals surface area contributed by atoms with Crippen molar-refractivity contribution < 1.29 is 8.42 Å². The third-order valence-corrected chi connectivity index (χ3v) is 6.47. The number of sulfonamides is 1. The van der Waals surface area contributed by atoms with Gasteiger partial charge in [0.05, 0.1) is 30.5 Å². The zero-order valence-corrected chi connectivity index (χ0v) is 14.0. The molecule has 23 heavy (non-hydrogen) atoms. The number of imidazole rings is 1. The first-order valence-electron chi connectivity index (χ1n) is 8.12. The van der Waals surface area contributed by atoms with Crippen molar-refractivity contribution in [2.45, 2.75) is 25.3 Å². The first-order chi connectivity index (χ1) is 11.1. The Hall–Kier alpha value is -1.66. The van der Waals surface area contributed by atoms with Gasteiger partial charge in [-0.2, -0.15) is 0 Å². The molecular formula is C17H21N3O2S. The lowest BCUT2D eigenvalue weighted by atomic mass is 9.87. The predicted octanol–water partition coefficient (Wildman–Crippen LogP) is 2.51. The van der Waals surface area contributed by atoms with E-state index in [1.54, 1.807) is 4.31 Å². The minimum absolute atomic E-state index is 0.281. The van der Waals surface area contributed by atoms with Gasteiger partial charge >= 0.3 is 0 Å². The average molecular weight is 331 g/mol. The van der Waals surface area contributed by atoms with Gasteiger partial charge in [0.2, 0.25) is 10.0 Å². The maximum atomic E-state index is 11.8. The Labute approximate surface area is 137 Å². The highest BCUT2D eigenvalue weighted by Crippen LogP contribution is 2.45. The van der Waals surface area contributed by atoms with Crippen LogP contribution < -0.4 is 0 Å². The zero-order chi connectivity index (χ0) is 16.0. The SMILES string of the molecule is CS(=O)(=O)N1CCCC(C2c3ccccc3-c3cncn32)CC1. The van der Waals surface area contributed by atoms with E-state index in [0.29, 0.717) is 19.0 Å². The van der Waals surface area contributed by atoms with Crippen molar-refractivity contribution in [3.63, 3.8) is 0 Å². The molecule has 122 valence electrons. The van der Waals surface area contributed by atoms with E-state index >= 15 is 0 Å². The molecule has 2 atom stereocenters. The van der Waals surface area contributed by atoms with Gasteiger partial charge in [0.15, 0.2) is 0 Å². The molecule has 2 unspecified atom stereocenters. The van der Waals surface area contributed by atoms with E-state index in [2.05, 4.69) is 33.8 Å². The van der Waals surface area contributed by atoms with Crippen LogP contribution in [0.5, 0.6) is 0 Å². The summed E-state index contributed by atoms with van der Waals surface area (Å²) in [6, 6.07) is 8.79. The van der Waals surface area contributed by atoms with E-state index in [0.717, 1.165) is 19.3 Å². The molecule has 0 amide bonds. The largest absolute Gasteiger partial charge is 0.323 e. The first kappa shape index (κ1) is 14.9. The van der Waals surface area contributed by atoms with Crippen LogP contribution in [0.4, 0.5) is 0 Å². The van der Waals surface area contributed by atoms with Crippen LogP contribution in [0.15, 0.2) is 36.8 Å². The third kappa shape index (κ3) is 2.50. The lowest BCUT2D eigenvalue weighted by molar-refractivity contribution is 0.346. The summed E-state index contributed by atoms with van der Waals surface area (Å²) in [5.74, 6) is 0.443. The number of hydrogen-bond acceptors (Lipinski definition) is 3. The van der Waals surface area contributed by atoms with Gasteiger partial charge in [-0.1, -0.05) is 24.3 Å². The minimum atomic E-state index is -3.09. The molecule has 0 N–H and O–H groups in total. The summed E-state index contributed by atoms with van der Waals surface area (Å²) in [5.41, 5.74) is 3.79. The molecule has 0 spiro atoms. The molecule has 0 saturated carbocycles. The Morgan fingerprint density at radius 1 is 1.17 bits per heavy atom. The van der Waals surface area contributed by atoms with Crippen molar-refractivity contribution in [2.24, 2.45) is 5.92 Å². The highest BCUT2D eigenvalue weighted by molar-refractivity contribution is 7.88. The number of nitrogens with zero attached hydrogens (tertiary/aromatic N) is 3. The topological polar surface area (TPSA) is 55.2 Å². The Balaban J connectivity index is 1.66. The smallest absolute Gasteiger partial charge is 0.211 e. The summed E-state index contributed by atoms with van der Waals surface area (Å²) in [6.07, 6.45) is 8.01. The van der Waals surface area contributed by atoms with E-state index in [4.69, 9.17) is 0 Å². The van der Waals surface area contributed by atoms with E-state index in [-0.39, 0.29) is 6.04 Å². The molecule has 1 fully saturated rings. The molecular weight excluding hydrogens is 310 g/mol. The number of rotatable bonds is 2. The van der Waals surface area contributed by atoms with Crippen LogP contribution in [-0.4, -0.2) is 41.6 Å². The molecule has 2 aliphatic heterocycles. The van der Waals surface area contributed by atoms with Crippen molar-refractivity contribution in [1.29, 1.82) is 0 Å². The molecule has 5 nitrogen and oxygen atoms in total. The lowest BCUT2D eigenvalue weighted by Gasteiger charge is -2.25. The highest BCUT2D eigenvalue weighted by atomic mass is 32.2. The molecule has 0 bridgehead atoms. The number of fused-ring (bicyclic) bond motifs is 3. The van der Waals surface area contributed by atoms with Crippen molar-refractivity contribution in [1.82, 2.24) is 13.9 Å². The normalized spacial score (nSPS) is 24.9. The summed E-state index contributed by atoms with van der Waals surface area (Å²) in [5, 5.41) is 0. The number of aromatic nitrogens is 2. The second kappa shape index (κ2) is 5.46. The molecule has 0 aliphatic carbocycles. The lowest BCUT2D eigenvalue weighted by Crippen LogP contribution is -2.31. The summed E-state index contributed by atoms with van der Waals surface area (Å²) in [4.78, 5) is 4.32. The molecule has 3 heterocycles. The van der Waals surface area contributed by atoms with E-state index in [1.807, 2.05) is 12.5 Å². The van der Waals surface area contributed by atoms with Gasteiger partial charge in [-0.25, -0.2) is 17.7 Å². The van der Waals surface area contributed by atoms with Gasteiger partial charge in [-0.15, -0.1) is 0 Å². The quantitative estimate of drug-likeness (QED) is 0.850. The monoisotopic (exact) mass is 331 g/mol. The van der Waals surface area contributed by atoms with E-state index in [1.165, 1.54) is 23.1 Å². The van der Waals surface area contributed by atoms with Crippen LogP contribution >= 0.6 is 0 Å². The molecule has 1 saturated heterocycles. The maximum absolute atomic E-state index is 11.8. The van der Waals surface area contributed by atoms with Crippen LogP contribution in [0.25, 0.3) is 11.3 Å². The van der Waals surface area contributed by atoms with Crippen LogP contribution in [0.1, 0.15) is 30.9 Å².